The van der Waals surface area contributed by atoms with Crippen molar-refractivity contribution < 1.29 is 0 Å². The number of hydrogen-bond donors (Lipinski definition) is 1. The molecule has 0 unspecified atom stereocenters. The fourth-order valence-corrected chi connectivity index (χ4v) is 3.62. The molecule has 0 spiro atoms. The molecule has 1 aromatic heterocycles. The summed E-state index contributed by atoms with van der Waals surface area (Å²) in [5.41, 5.74) is 5.61. The SMILES string of the molecule is Cc1cccc(C)c1-n1cc(CNC2CCCC2)c(=O)cc1C. The van der Waals surface area contributed by atoms with E-state index in [0.717, 1.165) is 11.3 Å². The van der Waals surface area contributed by atoms with Gasteiger partial charge in [-0.05, 0) is 44.7 Å². The van der Waals surface area contributed by atoms with Crippen molar-refractivity contribution in [3.05, 3.63) is 63.1 Å². The molecule has 0 atom stereocenters. The Morgan fingerprint density at radius 3 is 2.43 bits per heavy atom. The zero-order valence-corrected chi connectivity index (χ0v) is 14.4. The highest BCUT2D eigenvalue weighted by molar-refractivity contribution is 5.48. The van der Waals surface area contributed by atoms with Crippen LogP contribution in [0, 0.1) is 20.8 Å². The van der Waals surface area contributed by atoms with Crippen LogP contribution in [0.1, 0.15) is 48.1 Å². The second-order valence-corrected chi connectivity index (χ2v) is 6.78. The van der Waals surface area contributed by atoms with E-state index in [-0.39, 0.29) is 5.43 Å². The van der Waals surface area contributed by atoms with Crippen molar-refractivity contribution in [2.75, 3.05) is 0 Å². The largest absolute Gasteiger partial charge is 0.320 e. The van der Waals surface area contributed by atoms with Crippen molar-refractivity contribution in [2.24, 2.45) is 0 Å². The second-order valence-electron chi connectivity index (χ2n) is 6.78. The lowest BCUT2D eigenvalue weighted by Crippen LogP contribution is -2.28. The van der Waals surface area contributed by atoms with Gasteiger partial charge >= 0.3 is 0 Å². The van der Waals surface area contributed by atoms with Crippen LogP contribution < -0.4 is 10.7 Å². The van der Waals surface area contributed by atoms with E-state index < -0.39 is 0 Å². The van der Waals surface area contributed by atoms with Crippen LogP contribution in [0.3, 0.4) is 0 Å². The Kier molecular flexibility index (Phi) is 4.67. The maximum absolute atomic E-state index is 12.3. The first kappa shape index (κ1) is 16.0. The van der Waals surface area contributed by atoms with E-state index in [4.69, 9.17) is 0 Å². The summed E-state index contributed by atoms with van der Waals surface area (Å²) in [4.78, 5) is 12.3. The molecule has 1 N–H and O–H groups in total. The van der Waals surface area contributed by atoms with Crippen LogP contribution in [0.25, 0.3) is 5.69 Å². The topological polar surface area (TPSA) is 34.0 Å². The average Bonchev–Trinajstić information content (AvgIpc) is 3.01. The van der Waals surface area contributed by atoms with Gasteiger partial charge in [0.05, 0.1) is 5.69 Å². The van der Waals surface area contributed by atoms with Crippen molar-refractivity contribution in [2.45, 2.75) is 59.0 Å². The minimum Gasteiger partial charge on any atom is -0.320 e. The molecule has 1 aliphatic rings. The molecule has 1 fully saturated rings. The molecule has 0 bridgehead atoms. The number of benzene rings is 1. The van der Waals surface area contributed by atoms with E-state index in [0.29, 0.717) is 12.6 Å². The van der Waals surface area contributed by atoms with E-state index in [1.807, 2.05) is 13.1 Å². The first-order valence-corrected chi connectivity index (χ1v) is 8.58. The molecule has 122 valence electrons. The third-order valence-corrected chi connectivity index (χ3v) is 4.94. The summed E-state index contributed by atoms with van der Waals surface area (Å²) in [5.74, 6) is 0. The van der Waals surface area contributed by atoms with Gasteiger partial charge in [-0.2, -0.15) is 0 Å². The van der Waals surface area contributed by atoms with Gasteiger partial charge in [-0.1, -0.05) is 31.0 Å². The third-order valence-electron chi connectivity index (χ3n) is 4.94. The summed E-state index contributed by atoms with van der Waals surface area (Å²) in [6, 6.07) is 8.66. The van der Waals surface area contributed by atoms with Crippen molar-refractivity contribution in [1.82, 2.24) is 9.88 Å². The number of aryl methyl sites for hydroxylation is 3. The van der Waals surface area contributed by atoms with Crippen LogP contribution in [-0.4, -0.2) is 10.6 Å². The fourth-order valence-electron chi connectivity index (χ4n) is 3.62. The maximum atomic E-state index is 12.3. The number of pyridine rings is 1. The number of rotatable bonds is 4. The van der Waals surface area contributed by atoms with Gasteiger partial charge in [0.2, 0.25) is 0 Å². The lowest BCUT2D eigenvalue weighted by Gasteiger charge is -2.18. The van der Waals surface area contributed by atoms with Gasteiger partial charge in [0.1, 0.15) is 0 Å². The molecule has 3 rings (SSSR count). The predicted octanol–water partition coefficient (Wildman–Crippen LogP) is 3.79. The second kappa shape index (κ2) is 6.71. The molecule has 1 heterocycles. The molecular formula is C20H26N2O. The van der Waals surface area contributed by atoms with Crippen LogP contribution >= 0.6 is 0 Å². The van der Waals surface area contributed by atoms with Crippen molar-refractivity contribution in [3.8, 4) is 5.69 Å². The summed E-state index contributed by atoms with van der Waals surface area (Å²) in [5, 5.41) is 3.55. The molecule has 1 aliphatic carbocycles. The zero-order chi connectivity index (χ0) is 16.4. The fraction of sp³-hybridized carbons (Fsp3) is 0.450. The Morgan fingerprint density at radius 2 is 1.78 bits per heavy atom. The standard InChI is InChI=1S/C20H26N2O/c1-14-7-6-8-15(2)20(14)22-13-17(19(23)11-16(22)3)12-21-18-9-4-5-10-18/h6-8,11,13,18,21H,4-5,9-10,12H2,1-3H3. The van der Waals surface area contributed by atoms with E-state index in [1.165, 1.54) is 42.5 Å². The van der Waals surface area contributed by atoms with Crippen LogP contribution in [0.5, 0.6) is 0 Å². The van der Waals surface area contributed by atoms with E-state index in [2.05, 4.69) is 41.9 Å². The van der Waals surface area contributed by atoms with E-state index in [1.54, 1.807) is 6.07 Å². The zero-order valence-electron chi connectivity index (χ0n) is 14.4. The van der Waals surface area contributed by atoms with Crippen LogP contribution in [0.4, 0.5) is 0 Å². The molecule has 3 nitrogen and oxygen atoms in total. The lowest BCUT2D eigenvalue weighted by atomic mass is 10.1. The molecule has 0 saturated heterocycles. The monoisotopic (exact) mass is 310 g/mol. The Labute approximate surface area is 138 Å². The van der Waals surface area contributed by atoms with E-state index >= 15 is 0 Å². The van der Waals surface area contributed by atoms with Gasteiger partial charge in [-0.15, -0.1) is 0 Å². The van der Waals surface area contributed by atoms with Crippen LogP contribution in [0.15, 0.2) is 35.3 Å². The summed E-state index contributed by atoms with van der Waals surface area (Å²) in [6.45, 7) is 6.91. The van der Waals surface area contributed by atoms with Crippen molar-refractivity contribution in [3.63, 3.8) is 0 Å². The third kappa shape index (κ3) is 3.40. The normalized spacial score (nSPS) is 15.3. The van der Waals surface area contributed by atoms with Gasteiger partial charge in [-0.25, -0.2) is 0 Å². The molecule has 2 aromatic rings. The first-order valence-electron chi connectivity index (χ1n) is 8.58. The smallest absolute Gasteiger partial charge is 0.186 e. The molecule has 0 amide bonds. The lowest BCUT2D eigenvalue weighted by molar-refractivity contribution is 0.522. The summed E-state index contributed by atoms with van der Waals surface area (Å²) in [6.07, 6.45) is 7.10. The van der Waals surface area contributed by atoms with Gasteiger partial charge in [0.25, 0.3) is 0 Å². The molecular weight excluding hydrogens is 284 g/mol. The highest BCUT2D eigenvalue weighted by atomic mass is 16.1. The summed E-state index contributed by atoms with van der Waals surface area (Å²) < 4.78 is 2.16. The molecule has 23 heavy (non-hydrogen) atoms. The summed E-state index contributed by atoms with van der Waals surface area (Å²) >= 11 is 0. The van der Waals surface area contributed by atoms with Crippen LogP contribution in [0.2, 0.25) is 0 Å². The van der Waals surface area contributed by atoms with Crippen molar-refractivity contribution in [1.29, 1.82) is 0 Å². The number of para-hydroxylation sites is 1. The molecule has 3 heteroatoms. The predicted molar refractivity (Wildman–Crippen MR) is 95.3 cm³/mol. The van der Waals surface area contributed by atoms with Crippen LogP contribution in [-0.2, 0) is 6.54 Å². The highest BCUT2D eigenvalue weighted by Gasteiger charge is 2.15. The van der Waals surface area contributed by atoms with Gasteiger partial charge in [0, 0.05) is 36.1 Å². The number of nitrogens with one attached hydrogen (secondary N) is 1. The molecule has 0 aliphatic heterocycles. The number of aromatic nitrogens is 1. The minimum absolute atomic E-state index is 0.135. The minimum atomic E-state index is 0.135. The number of hydrogen-bond acceptors (Lipinski definition) is 2. The highest BCUT2D eigenvalue weighted by Crippen LogP contribution is 2.21. The Morgan fingerprint density at radius 1 is 1.13 bits per heavy atom. The van der Waals surface area contributed by atoms with Crippen molar-refractivity contribution >= 4 is 0 Å². The number of nitrogens with zero attached hydrogens (tertiary/aromatic N) is 1. The summed E-state index contributed by atoms with van der Waals surface area (Å²) in [7, 11) is 0. The quantitative estimate of drug-likeness (QED) is 0.932. The average molecular weight is 310 g/mol. The maximum Gasteiger partial charge on any atom is 0.186 e. The molecule has 0 radical (unpaired) electrons. The van der Waals surface area contributed by atoms with Gasteiger partial charge < -0.3 is 9.88 Å². The van der Waals surface area contributed by atoms with E-state index in [9.17, 15) is 4.79 Å². The van der Waals surface area contributed by atoms with Gasteiger partial charge in [0.15, 0.2) is 5.43 Å². The molecule has 1 aromatic carbocycles. The van der Waals surface area contributed by atoms with Gasteiger partial charge in [-0.3, -0.25) is 4.79 Å². The molecule has 1 saturated carbocycles. The Bertz CT molecular complexity index is 734. The Hall–Kier alpha value is -1.87. The first-order chi connectivity index (χ1) is 11.1. The Balaban J connectivity index is 1.94.